The number of ether oxygens (including phenoxy) is 5. The summed E-state index contributed by atoms with van der Waals surface area (Å²) in [6.45, 7) is 1.28. The van der Waals surface area contributed by atoms with Crippen molar-refractivity contribution in [3.05, 3.63) is 107 Å². The monoisotopic (exact) mass is 688 g/mol. The highest BCUT2D eigenvalue weighted by Crippen LogP contribution is 2.41. The number of amides is 2. The van der Waals surface area contributed by atoms with E-state index >= 15 is 0 Å². The molecule has 2 heterocycles. The van der Waals surface area contributed by atoms with Crippen LogP contribution in [-0.2, 0) is 51.4 Å². The number of carbonyl (C=O) groups excluding carboxylic acids is 5. The Morgan fingerprint density at radius 1 is 0.796 bits per heavy atom. The lowest BCUT2D eigenvalue weighted by Gasteiger charge is -2.51. The average Bonchev–Trinajstić information content (AvgIpc) is 3.14. The summed E-state index contributed by atoms with van der Waals surface area (Å²) in [5.41, 5.74) is 2.15. The summed E-state index contributed by atoms with van der Waals surface area (Å²) in [7, 11) is 3.09. The summed E-state index contributed by atoms with van der Waals surface area (Å²) in [5, 5.41) is 3.67. The Morgan fingerprint density at radius 2 is 1.39 bits per heavy atom. The summed E-state index contributed by atoms with van der Waals surface area (Å²) < 4.78 is 26.8. The Morgan fingerprint density at radius 3 is 1.96 bits per heavy atom. The van der Waals surface area contributed by atoms with E-state index in [1.54, 1.807) is 105 Å². The molecule has 1 saturated heterocycles. The van der Waals surface area contributed by atoms with Crippen molar-refractivity contribution >= 4 is 41.5 Å². The minimum atomic E-state index is -1.36. The first-order valence-corrected chi connectivity index (χ1v) is 16.4. The molecule has 3 aromatic rings. The van der Waals surface area contributed by atoms with E-state index in [2.05, 4.69) is 5.32 Å². The molecule has 5 rings (SSSR count). The van der Waals surface area contributed by atoms with E-state index in [-0.39, 0.29) is 26.2 Å². The smallest absolute Gasteiger partial charge is 0.333 e. The van der Waals surface area contributed by atoms with Gasteiger partial charge in [-0.2, -0.15) is 0 Å². The topological polar surface area (TPSA) is 147 Å². The Hall–Kier alpha value is -5.30. The van der Waals surface area contributed by atoms with Gasteiger partial charge in [-0.25, -0.2) is 4.79 Å². The molecule has 0 spiro atoms. The first kappa shape index (κ1) is 35.0. The van der Waals surface area contributed by atoms with Crippen molar-refractivity contribution in [3.63, 3.8) is 0 Å². The zero-order valence-electron chi connectivity index (χ0n) is 27.2. The molecule has 2 aliphatic heterocycles. The number of benzene rings is 3. The normalized spacial score (nSPS) is 18.5. The second-order valence-electron chi connectivity index (χ2n) is 11.1. The Kier molecular flexibility index (Phi) is 11.6. The van der Waals surface area contributed by atoms with Crippen molar-refractivity contribution in [2.45, 2.75) is 49.9 Å². The van der Waals surface area contributed by atoms with E-state index in [9.17, 15) is 24.0 Å². The van der Waals surface area contributed by atoms with Crippen LogP contribution in [0.2, 0.25) is 0 Å². The lowest BCUT2D eigenvalue weighted by molar-refractivity contribution is -0.165. The second-order valence-corrected chi connectivity index (χ2v) is 12.1. The fourth-order valence-corrected chi connectivity index (χ4v) is 6.48. The van der Waals surface area contributed by atoms with Crippen LogP contribution in [0.1, 0.15) is 36.0 Å². The summed E-state index contributed by atoms with van der Waals surface area (Å²) in [6.07, 6.45) is 0.136. The molecular formula is C36H36N2O10S. The predicted molar refractivity (Wildman–Crippen MR) is 178 cm³/mol. The predicted octanol–water partition coefficient (Wildman–Crippen LogP) is 3.88. The number of nitrogens with one attached hydrogen (secondary N) is 1. The van der Waals surface area contributed by atoms with Gasteiger partial charge in [0, 0.05) is 12.0 Å². The summed E-state index contributed by atoms with van der Waals surface area (Å²) in [4.78, 5) is 67.5. The number of carbonyl (C=O) groups is 5. The molecule has 1 N–H and O–H groups in total. The van der Waals surface area contributed by atoms with Crippen LogP contribution in [0.5, 0.6) is 11.5 Å². The van der Waals surface area contributed by atoms with Crippen molar-refractivity contribution < 1.29 is 47.7 Å². The molecule has 4 atom stereocenters. The van der Waals surface area contributed by atoms with Gasteiger partial charge >= 0.3 is 17.9 Å². The maximum absolute atomic E-state index is 13.7. The summed E-state index contributed by atoms with van der Waals surface area (Å²) in [6, 6.07) is 20.1. The molecule has 0 aromatic heterocycles. The van der Waals surface area contributed by atoms with Gasteiger partial charge in [0.05, 0.1) is 14.2 Å². The molecule has 1 fully saturated rings. The molecule has 3 unspecified atom stereocenters. The molecule has 0 aliphatic carbocycles. The molecule has 0 saturated carbocycles. The minimum absolute atomic E-state index is 0.0707. The van der Waals surface area contributed by atoms with E-state index in [4.69, 9.17) is 23.7 Å². The lowest BCUT2D eigenvalue weighted by Crippen LogP contribution is -2.74. The van der Waals surface area contributed by atoms with Crippen LogP contribution in [0.3, 0.4) is 0 Å². The fourth-order valence-electron chi connectivity index (χ4n) is 5.27. The van der Waals surface area contributed by atoms with Crippen molar-refractivity contribution in [1.82, 2.24) is 10.2 Å². The number of fused-ring (bicyclic) bond motifs is 1. The second kappa shape index (κ2) is 16.2. The third-order valence-corrected chi connectivity index (χ3v) is 9.21. The first-order chi connectivity index (χ1) is 23.7. The third kappa shape index (κ3) is 8.23. The highest BCUT2D eigenvalue weighted by molar-refractivity contribution is 8.03. The van der Waals surface area contributed by atoms with Gasteiger partial charge < -0.3 is 33.9 Å². The number of methoxy groups -OCH3 is 2. The van der Waals surface area contributed by atoms with Crippen LogP contribution in [0.25, 0.3) is 0 Å². The van der Waals surface area contributed by atoms with E-state index in [1.807, 2.05) is 0 Å². The number of hydrogen-bond donors (Lipinski definition) is 1. The number of β-lactam (4-membered cyclic amide) rings is 1. The maximum Gasteiger partial charge on any atom is 0.333 e. The van der Waals surface area contributed by atoms with Gasteiger partial charge in [-0.1, -0.05) is 61.5 Å². The molecule has 2 aliphatic rings. The van der Waals surface area contributed by atoms with Gasteiger partial charge in [-0.15, -0.1) is 11.8 Å². The van der Waals surface area contributed by atoms with Gasteiger partial charge in [0.1, 0.15) is 42.7 Å². The summed E-state index contributed by atoms with van der Waals surface area (Å²) >= 11 is 1.19. The van der Waals surface area contributed by atoms with Gasteiger partial charge in [-0.05, 0) is 46.4 Å². The van der Waals surface area contributed by atoms with E-state index in [0.29, 0.717) is 33.8 Å². The van der Waals surface area contributed by atoms with Crippen molar-refractivity contribution in [2.24, 2.45) is 0 Å². The van der Waals surface area contributed by atoms with Crippen molar-refractivity contribution in [3.8, 4) is 11.5 Å². The quantitative estimate of drug-likeness (QED) is 0.114. The minimum Gasteiger partial charge on any atom is -0.497 e. The number of nitrogens with zero attached hydrogens (tertiary/aromatic N) is 1. The molecule has 0 bridgehead atoms. The highest BCUT2D eigenvalue weighted by atomic mass is 32.2. The number of hydrogen-bond acceptors (Lipinski definition) is 11. The SMILES string of the molecule is CCC(=O)OCC1=CS[C@H]2C(NC(=O)C(C(=O)OCc3ccc(OC)cc3)c3ccccc3)C(=O)N2C1C(=O)OCc1ccc(OC)cc1. The average molecular weight is 689 g/mol. The summed E-state index contributed by atoms with van der Waals surface area (Å²) in [5.74, 6) is -3.33. The third-order valence-electron chi connectivity index (χ3n) is 7.99. The lowest BCUT2D eigenvalue weighted by atomic mass is 9.95. The van der Waals surface area contributed by atoms with Gasteiger partial charge in [0.2, 0.25) is 11.8 Å². The van der Waals surface area contributed by atoms with Crippen molar-refractivity contribution in [1.29, 1.82) is 0 Å². The zero-order chi connectivity index (χ0) is 34.9. The zero-order valence-corrected chi connectivity index (χ0v) is 28.0. The van der Waals surface area contributed by atoms with E-state index in [0.717, 1.165) is 0 Å². The van der Waals surface area contributed by atoms with Crippen LogP contribution in [0.15, 0.2) is 89.8 Å². The molecule has 3 aromatic carbocycles. The molecule has 256 valence electrons. The van der Waals surface area contributed by atoms with E-state index in [1.165, 1.54) is 16.7 Å². The van der Waals surface area contributed by atoms with Crippen LogP contribution < -0.4 is 14.8 Å². The number of rotatable bonds is 14. The molecular weight excluding hydrogens is 652 g/mol. The Bertz CT molecular complexity index is 1690. The highest BCUT2D eigenvalue weighted by Gasteiger charge is 2.57. The standard InChI is InChI=1S/C36H36N2O10S/c1-4-28(39)46-20-25-21-49-34-30(33(41)38(34)31(25)36(43)48-19-23-12-16-27(45-3)17-13-23)37-32(40)29(24-8-6-5-7-9-24)35(42)47-18-22-10-14-26(44-2)15-11-22/h5-17,21,29-31,34H,4,18-20H2,1-3H3,(H,37,40)/t29?,30?,31?,34-/m0/s1. The van der Waals surface area contributed by atoms with Gasteiger partial charge in [0.25, 0.3) is 0 Å². The molecule has 2 amide bonds. The number of esters is 3. The van der Waals surface area contributed by atoms with Gasteiger partial charge in [0.15, 0.2) is 12.0 Å². The molecule has 12 nitrogen and oxygen atoms in total. The largest absolute Gasteiger partial charge is 0.497 e. The molecule has 49 heavy (non-hydrogen) atoms. The van der Waals surface area contributed by atoms with Crippen LogP contribution >= 0.6 is 11.8 Å². The van der Waals surface area contributed by atoms with Gasteiger partial charge in [-0.3, -0.25) is 19.2 Å². The number of thioether (sulfide) groups is 1. The molecule has 0 radical (unpaired) electrons. The molecule has 13 heteroatoms. The van der Waals surface area contributed by atoms with Crippen molar-refractivity contribution in [2.75, 3.05) is 20.8 Å². The Balaban J connectivity index is 1.30. The van der Waals surface area contributed by atoms with E-state index < -0.39 is 53.1 Å². The first-order valence-electron chi connectivity index (χ1n) is 15.5. The van der Waals surface area contributed by atoms with Crippen LogP contribution in [-0.4, -0.2) is 72.9 Å². The van der Waals surface area contributed by atoms with Crippen LogP contribution in [0, 0.1) is 0 Å². The van der Waals surface area contributed by atoms with Crippen LogP contribution in [0.4, 0.5) is 0 Å². The fraction of sp³-hybridized carbons (Fsp3) is 0.306. The Labute approximate surface area is 287 Å². The maximum atomic E-state index is 13.7.